The van der Waals surface area contributed by atoms with Gasteiger partial charge in [-0.25, -0.2) is 0 Å². The lowest BCUT2D eigenvalue weighted by Crippen LogP contribution is -2.39. The van der Waals surface area contributed by atoms with Gasteiger partial charge in [0.05, 0.1) is 0 Å². The van der Waals surface area contributed by atoms with Crippen molar-refractivity contribution < 1.29 is 4.79 Å². The number of carbonyl (C=O) groups excluding carboxylic acids is 1. The SMILES string of the molecule is CSc1ccc(CNC2CC(=O)N(C3Cc4ccccc4C3)C2)cc1. The number of carbonyl (C=O) groups is 1. The van der Waals surface area contributed by atoms with Crippen LogP contribution < -0.4 is 5.32 Å². The van der Waals surface area contributed by atoms with Crippen molar-refractivity contribution in [3.63, 3.8) is 0 Å². The third kappa shape index (κ3) is 3.60. The molecule has 1 atom stereocenters. The maximum Gasteiger partial charge on any atom is 0.224 e. The van der Waals surface area contributed by atoms with E-state index >= 15 is 0 Å². The van der Waals surface area contributed by atoms with Crippen LogP contribution in [0.25, 0.3) is 0 Å². The van der Waals surface area contributed by atoms with E-state index in [9.17, 15) is 4.79 Å². The van der Waals surface area contributed by atoms with Crippen molar-refractivity contribution in [3.05, 3.63) is 65.2 Å². The Kier molecular flexibility index (Phi) is 4.82. The number of thioether (sulfide) groups is 1. The predicted octanol–water partition coefficient (Wildman–Crippen LogP) is 3.27. The number of likely N-dealkylation sites (tertiary alicyclic amines) is 1. The summed E-state index contributed by atoms with van der Waals surface area (Å²) in [6.07, 6.45) is 4.72. The Morgan fingerprint density at radius 2 is 1.72 bits per heavy atom. The number of nitrogens with one attached hydrogen (secondary N) is 1. The van der Waals surface area contributed by atoms with Crippen LogP contribution in [0.1, 0.15) is 23.1 Å². The summed E-state index contributed by atoms with van der Waals surface area (Å²) in [5.41, 5.74) is 4.09. The molecule has 0 bridgehead atoms. The molecule has 1 N–H and O–H groups in total. The second kappa shape index (κ2) is 7.22. The molecule has 1 saturated heterocycles. The van der Waals surface area contributed by atoms with E-state index in [-0.39, 0.29) is 6.04 Å². The van der Waals surface area contributed by atoms with Crippen LogP contribution in [0, 0.1) is 0 Å². The number of fused-ring (bicyclic) bond motifs is 1. The Labute approximate surface area is 153 Å². The molecule has 2 aliphatic rings. The van der Waals surface area contributed by atoms with E-state index in [4.69, 9.17) is 0 Å². The summed E-state index contributed by atoms with van der Waals surface area (Å²) in [4.78, 5) is 15.9. The molecule has 1 fully saturated rings. The molecule has 0 spiro atoms. The van der Waals surface area contributed by atoms with Gasteiger partial charge >= 0.3 is 0 Å². The van der Waals surface area contributed by atoms with Gasteiger partial charge in [-0.2, -0.15) is 0 Å². The molecule has 3 nitrogen and oxygen atoms in total. The van der Waals surface area contributed by atoms with Gasteiger partial charge in [0.15, 0.2) is 0 Å². The Bertz CT molecular complexity index is 734. The van der Waals surface area contributed by atoms with Crippen molar-refractivity contribution in [3.8, 4) is 0 Å². The molecule has 2 aromatic rings. The quantitative estimate of drug-likeness (QED) is 0.838. The van der Waals surface area contributed by atoms with Crippen molar-refractivity contribution in [2.45, 2.75) is 42.8 Å². The predicted molar refractivity (Wildman–Crippen MR) is 103 cm³/mol. The van der Waals surface area contributed by atoms with Crippen molar-refractivity contribution in [2.75, 3.05) is 12.8 Å². The van der Waals surface area contributed by atoms with Gasteiger partial charge in [-0.3, -0.25) is 4.79 Å². The number of rotatable bonds is 5. The summed E-state index contributed by atoms with van der Waals surface area (Å²) in [6.45, 7) is 1.66. The largest absolute Gasteiger partial charge is 0.337 e. The first-order valence-corrected chi connectivity index (χ1v) is 10.2. The summed E-state index contributed by atoms with van der Waals surface area (Å²) in [6, 6.07) is 17.8. The minimum atomic E-state index is 0.261. The molecule has 0 aromatic heterocycles. The summed E-state index contributed by atoms with van der Waals surface area (Å²) < 4.78 is 0. The molecular weight excluding hydrogens is 328 g/mol. The van der Waals surface area contributed by atoms with E-state index in [0.717, 1.165) is 25.9 Å². The summed E-state index contributed by atoms with van der Waals surface area (Å²) in [7, 11) is 0. The fourth-order valence-corrected chi connectivity index (χ4v) is 4.39. The van der Waals surface area contributed by atoms with E-state index < -0.39 is 0 Å². The zero-order chi connectivity index (χ0) is 17.2. The normalized spacial score (nSPS) is 20.3. The minimum absolute atomic E-state index is 0.261. The highest BCUT2D eigenvalue weighted by Gasteiger charge is 2.36. The first-order valence-electron chi connectivity index (χ1n) is 8.95. The second-order valence-electron chi connectivity index (χ2n) is 7.01. The van der Waals surface area contributed by atoms with Gasteiger partial charge < -0.3 is 10.2 Å². The molecule has 0 radical (unpaired) electrons. The lowest BCUT2D eigenvalue weighted by Gasteiger charge is -2.24. The van der Waals surface area contributed by atoms with Gasteiger partial charge in [0.2, 0.25) is 5.91 Å². The monoisotopic (exact) mass is 352 g/mol. The molecule has 130 valence electrons. The van der Waals surface area contributed by atoms with E-state index in [1.807, 2.05) is 0 Å². The molecule has 4 heteroatoms. The molecule has 1 aliphatic carbocycles. The van der Waals surface area contributed by atoms with Crippen LogP contribution >= 0.6 is 11.8 Å². The Balaban J connectivity index is 1.33. The first-order chi connectivity index (χ1) is 12.2. The topological polar surface area (TPSA) is 32.3 Å². The zero-order valence-electron chi connectivity index (χ0n) is 14.6. The van der Waals surface area contributed by atoms with Gasteiger partial charge in [0, 0.05) is 36.5 Å². The van der Waals surface area contributed by atoms with Crippen LogP contribution in [0.4, 0.5) is 0 Å². The molecule has 1 amide bonds. The number of hydrogen-bond donors (Lipinski definition) is 1. The van der Waals surface area contributed by atoms with Crippen molar-refractivity contribution in [1.29, 1.82) is 0 Å². The van der Waals surface area contributed by atoms with Gasteiger partial charge in [0.25, 0.3) is 0 Å². The smallest absolute Gasteiger partial charge is 0.224 e. The highest BCUT2D eigenvalue weighted by atomic mass is 32.2. The van der Waals surface area contributed by atoms with Gasteiger partial charge in [-0.15, -0.1) is 11.8 Å². The van der Waals surface area contributed by atoms with Crippen LogP contribution in [0.3, 0.4) is 0 Å². The van der Waals surface area contributed by atoms with Gasteiger partial charge in [0.1, 0.15) is 0 Å². The van der Waals surface area contributed by atoms with Crippen LogP contribution in [0.2, 0.25) is 0 Å². The molecule has 4 rings (SSSR count). The second-order valence-corrected chi connectivity index (χ2v) is 7.89. The van der Waals surface area contributed by atoms with Crippen molar-refractivity contribution >= 4 is 17.7 Å². The average Bonchev–Trinajstić information content (AvgIpc) is 3.23. The highest BCUT2D eigenvalue weighted by Crippen LogP contribution is 2.28. The van der Waals surface area contributed by atoms with E-state index in [0.29, 0.717) is 18.4 Å². The Morgan fingerprint density at radius 1 is 1.04 bits per heavy atom. The van der Waals surface area contributed by atoms with Crippen molar-refractivity contribution in [2.24, 2.45) is 0 Å². The molecule has 0 saturated carbocycles. The third-order valence-electron chi connectivity index (χ3n) is 5.38. The van der Waals surface area contributed by atoms with Crippen molar-refractivity contribution in [1.82, 2.24) is 10.2 Å². The number of hydrogen-bond acceptors (Lipinski definition) is 3. The van der Waals surface area contributed by atoms with Gasteiger partial charge in [-0.1, -0.05) is 36.4 Å². The molecule has 1 heterocycles. The third-order valence-corrected chi connectivity index (χ3v) is 6.13. The maximum absolute atomic E-state index is 12.5. The van der Waals surface area contributed by atoms with Gasteiger partial charge in [-0.05, 0) is 47.9 Å². The number of amides is 1. The molecular formula is C21H24N2OS. The highest BCUT2D eigenvalue weighted by molar-refractivity contribution is 7.98. The fourth-order valence-electron chi connectivity index (χ4n) is 3.98. The standard InChI is InChI=1S/C21H24N2OS/c1-25-20-8-6-15(7-9-20)13-22-18-12-21(24)23(14-18)19-10-16-4-2-3-5-17(16)11-19/h2-9,18-19,22H,10-14H2,1H3. The molecule has 1 aliphatic heterocycles. The average molecular weight is 353 g/mol. The molecule has 1 unspecified atom stereocenters. The van der Waals surface area contributed by atoms with Crippen LogP contribution in [-0.4, -0.2) is 35.7 Å². The van der Waals surface area contributed by atoms with E-state index in [2.05, 4.69) is 65.0 Å². The van der Waals surface area contributed by atoms with E-state index in [1.165, 1.54) is 21.6 Å². The molecule has 2 aromatic carbocycles. The van der Waals surface area contributed by atoms with Crippen LogP contribution in [-0.2, 0) is 24.2 Å². The summed E-state index contributed by atoms with van der Waals surface area (Å²) in [5.74, 6) is 0.299. The zero-order valence-corrected chi connectivity index (χ0v) is 15.4. The van der Waals surface area contributed by atoms with E-state index in [1.54, 1.807) is 11.8 Å². The lowest BCUT2D eigenvalue weighted by molar-refractivity contribution is -0.129. The minimum Gasteiger partial charge on any atom is -0.337 e. The van der Waals surface area contributed by atoms with Crippen LogP contribution in [0.15, 0.2) is 53.4 Å². The Morgan fingerprint density at radius 3 is 2.36 bits per heavy atom. The summed E-state index contributed by atoms with van der Waals surface area (Å²) in [5, 5.41) is 3.57. The number of benzene rings is 2. The van der Waals surface area contributed by atoms with Crippen LogP contribution in [0.5, 0.6) is 0 Å². The first kappa shape index (κ1) is 16.7. The maximum atomic E-state index is 12.5. The fraction of sp³-hybridized carbons (Fsp3) is 0.381. The Hall–Kier alpha value is -1.78. The summed E-state index contributed by atoms with van der Waals surface area (Å²) >= 11 is 1.76. The lowest BCUT2D eigenvalue weighted by atomic mass is 10.1. The molecule has 25 heavy (non-hydrogen) atoms. The number of nitrogens with zero attached hydrogens (tertiary/aromatic N) is 1.